The molecule has 0 N–H and O–H groups in total. The van der Waals surface area contributed by atoms with Gasteiger partial charge in [-0.25, -0.2) is 15.0 Å². The molecule has 0 saturated carbocycles. The predicted octanol–water partition coefficient (Wildman–Crippen LogP) is 12.4. The summed E-state index contributed by atoms with van der Waals surface area (Å²) in [5.74, 6) is 1.92. The van der Waals surface area contributed by atoms with Gasteiger partial charge in [0.25, 0.3) is 0 Å². The van der Waals surface area contributed by atoms with E-state index in [0.29, 0.717) is 17.5 Å². The zero-order valence-corrected chi connectivity index (χ0v) is 27.5. The lowest BCUT2D eigenvalue weighted by Crippen LogP contribution is -2.00. The minimum atomic E-state index is 0.637. The van der Waals surface area contributed by atoms with E-state index in [4.69, 9.17) is 19.4 Å². The molecule has 0 aliphatic carbocycles. The maximum atomic E-state index is 6.37. The van der Waals surface area contributed by atoms with Crippen LogP contribution in [0, 0.1) is 0 Å². The van der Waals surface area contributed by atoms with Crippen LogP contribution < -0.4 is 0 Å². The molecule has 4 nitrogen and oxygen atoms in total. The monoisotopic (exact) mass is 651 g/mol. The number of fused-ring (bicyclic) bond motifs is 6. The Morgan fingerprint density at radius 3 is 1.57 bits per heavy atom. The number of aromatic nitrogens is 3. The molecule has 0 amide bonds. The summed E-state index contributed by atoms with van der Waals surface area (Å²) in [5, 5.41) is 6.95. The molecule has 10 aromatic rings. The van der Waals surface area contributed by atoms with Crippen LogP contribution in [-0.2, 0) is 0 Å². The lowest BCUT2D eigenvalue weighted by atomic mass is 9.95. The first-order valence-electron chi connectivity index (χ1n) is 17.1. The van der Waals surface area contributed by atoms with E-state index in [2.05, 4.69) is 140 Å². The molecule has 0 atom stereocenters. The third-order valence-electron chi connectivity index (χ3n) is 9.71. The normalized spacial score (nSPS) is 11.5. The average Bonchev–Trinajstić information content (AvgIpc) is 3.61. The van der Waals surface area contributed by atoms with Gasteiger partial charge in [0.15, 0.2) is 17.5 Å². The predicted molar refractivity (Wildman–Crippen MR) is 209 cm³/mol. The van der Waals surface area contributed by atoms with Gasteiger partial charge in [-0.3, -0.25) is 0 Å². The number of furan rings is 1. The van der Waals surface area contributed by atoms with E-state index in [1.807, 2.05) is 36.4 Å². The van der Waals surface area contributed by atoms with Crippen LogP contribution in [0.2, 0.25) is 0 Å². The summed E-state index contributed by atoms with van der Waals surface area (Å²) in [5.41, 5.74) is 9.24. The molecular weight excluding hydrogens is 623 g/mol. The highest BCUT2D eigenvalue weighted by molar-refractivity contribution is 6.22. The van der Waals surface area contributed by atoms with Gasteiger partial charge in [0.1, 0.15) is 11.2 Å². The topological polar surface area (TPSA) is 51.8 Å². The Hall–Kier alpha value is -6.91. The number of rotatable bonds is 5. The zero-order valence-electron chi connectivity index (χ0n) is 27.5. The van der Waals surface area contributed by atoms with E-state index in [1.54, 1.807) is 0 Å². The summed E-state index contributed by atoms with van der Waals surface area (Å²) in [6, 6.07) is 61.1. The fraction of sp³-hybridized carbons (Fsp3) is 0. The number of nitrogens with zero attached hydrogens (tertiary/aromatic N) is 3. The van der Waals surface area contributed by atoms with E-state index in [1.165, 1.54) is 16.3 Å². The van der Waals surface area contributed by atoms with Crippen LogP contribution in [0.15, 0.2) is 180 Å². The summed E-state index contributed by atoms with van der Waals surface area (Å²) in [4.78, 5) is 14.9. The fourth-order valence-corrected chi connectivity index (χ4v) is 7.17. The molecule has 0 aliphatic rings. The van der Waals surface area contributed by atoms with Gasteiger partial charge >= 0.3 is 0 Å². The third-order valence-corrected chi connectivity index (χ3v) is 9.71. The lowest BCUT2D eigenvalue weighted by molar-refractivity contribution is 0.669. The first kappa shape index (κ1) is 29.0. The number of benzene rings is 8. The molecule has 0 fully saturated rings. The van der Waals surface area contributed by atoms with Crippen molar-refractivity contribution < 1.29 is 4.42 Å². The summed E-state index contributed by atoms with van der Waals surface area (Å²) in [7, 11) is 0. The quantitative estimate of drug-likeness (QED) is 0.186. The minimum absolute atomic E-state index is 0.637. The Labute approximate surface area is 294 Å². The van der Waals surface area contributed by atoms with Crippen molar-refractivity contribution in [2.45, 2.75) is 0 Å². The molecule has 8 aromatic carbocycles. The maximum absolute atomic E-state index is 6.37. The van der Waals surface area contributed by atoms with Gasteiger partial charge < -0.3 is 4.42 Å². The van der Waals surface area contributed by atoms with Gasteiger partial charge in [-0.05, 0) is 68.1 Å². The first-order chi connectivity index (χ1) is 25.2. The second-order valence-corrected chi connectivity index (χ2v) is 12.8. The van der Waals surface area contributed by atoms with Crippen molar-refractivity contribution in [3.63, 3.8) is 0 Å². The molecule has 0 bridgehead atoms. The van der Waals surface area contributed by atoms with Crippen LogP contribution in [-0.4, -0.2) is 15.0 Å². The van der Waals surface area contributed by atoms with Crippen LogP contribution >= 0.6 is 0 Å². The largest absolute Gasteiger partial charge is 0.456 e. The molecule has 2 heterocycles. The zero-order chi connectivity index (χ0) is 33.7. The van der Waals surface area contributed by atoms with Crippen LogP contribution in [0.5, 0.6) is 0 Å². The van der Waals surface area contributed by atoms with E-state index < -0.39 is 0 Å². The van der Waals surface area contributed by atoms with Crippen LogP contribution in [0.4, 0.5) is 0 Å². The Morgan fingerprint density at radius 2 is 0.824 bits per heavy atom. The molecule has 4 heteroatoms. The SMILES string of the molecule is c1ccc(-c2ccc(-c3nc(-c4ccccc4)nc(-c4ccc5cc(-c6cccc7oc8ccc9ccccc9c8c67)ccc5c4)n3)cc2)cc1. The van der Waals surface area contributed by atoms with Gasteiger partial charge in [-0.2, -0.15) is 0 Å². The van der Waals surface area contributed by atoms with Crippen molar-refractivity contribution in [3.8, 4) is 56.4 Å². The Balaban J connectivity index is 1.07. The smallest absolute Gasteiger partial charge is 0.164 e. The molecule has 0 radical (unpaired) electrons. The van der Waals surface area contributed by atoms with E-state index in [0.717, 1.165) is 66.1 Å². The molecule has 0 saturated heterocycles. The molecule has 2 aromatic heterocycles. The van der Waals surface area contributed by atoms with E-state index in [-0.39, 0.29) is 0 Å². The first-order valence-corrected chi connectivity index (χ1v) is 17.1. The van der Waals surface area contributed by atoms with Crippen LogP contribution in [0.25, 0.3) is 99.9 Å². The van der Waals surface area contributed by atoms with Gasteiger partial charge in [-0.1, -0.05) is 152 Å². The molecule has 238 valence electrons. The van der Waals surface area contributed by atoms with Gasteiger partial charge in [0.05, 0.1) is 0 Å². The Morgan fingerprint density at radius 1 is 0.314 bits per heavy atom. The molecule has 0 aliphatic heterocycles. The van der Waals surface area contributed by atoms with Crippen molar-refractivity contribution in [1.29, 1.82) is 0 Å². The molecule has 0 unspecified atom stereocenters. The summed E-state index contributed by atoms with van der Waals surface area (Å²) in [6.45, 7) is 0. The second-order valence-electron chi connectivity index (χ2n) is 12.8. The second kappa shape index (κ2) is 11.9. The Bertz CT molecular complexity index is 2900. The van der Waals surface area contributed by atoms with E-state index in [9.17, 15) is 0 Å². The van der Waals surface area contributed by atoms with Gasteiger partial charge in [0, 0.05) is 27.5 Å². The Kier molecular flexibility index (Phi) is 6.78. The number of hydrogen-bond acceptors (Lipinski definition) is 4. The molecule has 10 rings (SSSR count). The van der Waals surface area contributed by atoms with Crippen LogP contribution in [0.3, 0.4) is 0 Å². The molecular formula is C47H29N3O. The molecule has 0 spiro atoms. The van der Waals surface area contributed by atoms with Crippen LogP contribution in [0.1, 0.15) is 0 Å². The summed E-state index contributed by atoms with van der Waals surface area (Å²) >= 11 is 0. The maximum Gasteiger partial charge on any atom is 0.164 e. The summed E-state index contributed by atoms with van der Waals surface area (Å²) in [6.07, 6.45) is 0. The van der Waals surface area contributed by atoms with Crippen molar-refractivity contribution in [3.05, 3.63) is 176 Å². The fourth-order valence-electron chi connectivity index (χ4n) is 7.17. The van der Waals surface area contributed by atoms with Gasteiger partial charge in [-0.15, -0.1) is 0 Å². The van der Waals surface area contributed by atoms with Crippen molar-refractivity contribution in [2.24, 2.45) is 0 Å². The standard InChI is InChI=1S/C47H29N3O/c1-3-10-30(11-4-1)31-18-20-34(21-19-31)46-48-45(33-13-5-2-6-14-33)49-47(50-46)38-25-23-35-28-37(24-22-36(35)29-38)40-16-9-17-41-44(40)43-39-15-8-7-12-32(39)26-27-42(43)51-41/h1-29H. The van der Waals surface area contributed by atoms with Crippen molar-refractivity contribution in [2.75, 3.05) is 0 Å². The highest BCUT2D eigenvalue weighted by atomic mass is 16.3. The van der Waals surface area contributed by atoms with Crippen molar-refractivity contribution in [1.82, 2.24) is 15.0 Å². The highest BCUT2D eigenvalue weighted by Gasteiger charge is 2.16. The third kappa shape index (κ3) is 5.13. The lowest BCUT2D eigenvalue weighted by Gasteiger charge is -2.10. The summed E-state index contributed by atoms with van der Waals surface area (Å²) < 4.78 is 6.37. The van der Waals surface area contributed by atoms with Gasteiger partial charge in [0.2, 0.25) is 0 Å². The van der Waals surface area contributed by atoms with E-state index >= 15 is 0 Å². The average molecular weight is 652 g/mol. The molecule has 51 heavy (non-hydrogen) atoms. The highest BCUT2D eigenvalue weighted by Crippen LogP contribution is 2.41. The minimum Gasteiger partial charge on any atom is -0.456 e. The van der Waals surface area contributed by atoms with Crippen molar-refractivity contribution >= 4 is 43.5 Å². The number of hydrogen-bond donors (Lipinski definition) is 0.